The van der Waals surface area contributed by atoms with Gasteiger partial charge in [-0.3, -0.25) is 9.36 Å². The van der Waals surface area contributed by atoms with Crippen molar-refractivity contribution in [1.82, 2.24) is 24.8 Å². The van der Waals surface area contributed by atoms with Crippen LogP contribution in [0.4, 0.5) is 5.82 Å². The first kappa shape index (κ1) is 20.8. The van der Waals surface area contributed by atoms with Crippen molar-refractivity contribution in [2.24, 2.45) is 11.8 Å². The van der Waals surface area contributed by atoms with Gasteiger partial charge in [-0.1, -0.05) is 5.92 Å². The lowest BCUT2D eigenvalue weighted by Crippen LogP contribution is -2.43. The van der Waals surface area contributed by atoms with Gasteiger partial charge < -0.3 is 31.1 Å². The van der Waals surface area contributed by atoms with E-state index in [1.165, 1.54) is 10.9 Å². The number of ether oxygens (including phenoxy) is 1. The molecule has 7 atom stereocenters. The van der Waals surface area contributed by atoms with E-state index in [2.05, 4.69) is 32.1 Å². The minimum absolute atomic E-state index is 0.0946. The fraction of sp³-hybridized carbons (Fsp3) is 0.636. The quantitative estimate of drug-likeness (QED) is 0.373. The average Bonchev–Trinajstić information content (AvgIpc) is 3.11. The van der Waals surface area contributed by atoms with Crippen LogP contribution < -0.4 is 11.1 Å². The Hall–Kier alpha value is -2.78. The van der Waals surface area contributed by atoms with E-state index in [0.29, 0.717) is 12.3 Å². The second-order valence-corrected chi connectivity index (χ2v) is 9.72. The van der Waals surface area contributed by atoms with Crippen LogP contribution in [0.15, 0.2) is 6.33 Å². The largest absolute Gasteiger partial charge is 0.387 e. The Balaban J connectivity index is 1.30. The first-order chi connectivity index (χ1) is 15.8. The molecular weight excluding hydrogens is 428 g/mol. The molecule has 3 heterocycles. The molecule has 1 amide bonds. The van der Waals surface area contributed by atoms with Gasteiger partial charge in [0, 0.05) is 6.04 Å². The third-order valence-corrected chi connectivity index (χ3v) is 7.35. The second kappa shape index (κ2) is 7.36. The number of hydrogen-bond donors (Lipinski definition) is 5. The van der Waals surface area contributed by atoms with Crippen molar-refractivity contribution in [1.29, 1.82) is 0 Å². The summed E-state index contributed by atoms with van der Waals surface area (Å²) in [5.41, 5.74) is 5.58. The van der Waals surface area contributed by atoms with Crippen LogP contribution in [0.1, 0.15) is 50.6 Å². The second-order valence-electron chi connectivity index (χ2n) is 9.72. The number of imidazole rings is 1. The molecule has 11 heteroatoms. The number of nitrogens with two attached hydrogens (primary N) is 1. The van der Waals surface area contributed by atoms with Gasteiger partial charge in [-0.05, 0) is 56.3 Å². The minimum Gasteiger partial charge on any atom is -0.387 e. The van der Waals surface area contributed by atoms with Crippen LogP contribution in [0.5, 0.6) is 0 Å². The monoisotopic (exact) mass is 454 g/mol. The van der Waals surface area contributed by atoms with Gasteiger partial charge in [0.05, 0.1) is 6.33 Å². The highest BCUT2D eigenvalue weighted by atomic mass is 16.6. The molecule has 4 fully saturated rings. The van der Waals surface area contributed by atoms with Crippen LogP contribution >= 0.6 is 0 Å². The molecule has 33 heavy (non-hydrogen) atoms. The van der Waals surface area contributed by atoms with Crippen molar-refractivity contribution in [3.63, 3.8) is 0 Å². The SMILES string of the molecule is Nc1nc(C#CC2(O)C[C@@H]3CC[C@H]2C3)nc2c1ncn2[C@H]1O[C@H](C(=O)NC2CC2)[C@@H](O)[C@H]1O. The number of aliphatic hydroxyl groups is 3. The fourth-order valence-corrected chi connectivity index (χ4v) is 5.42. The predicted octanol–water partition coefficient (Wildman–Crippen LogP) is -0.791. The predicted molar refractivity (Wildman–Crippen MR) is 114 cm³/mol. The Morgan fingerprint density at radius 3 is 2.76 bits per heavy atom. The zero-order valence-electron chi connectivity index (χ0n) is 17.9. The summed E-state index contributed by atoms with van der Waals surface area (Å²) in [7, 11) is 0. The molecule has 3 aliphatic carbocycles. The molecule has 1 saturated heterocycles. The van der Waals surface area contributed by atoms with E-state index < -0.39 is 36.0 Å². The van der Waals surface area contributed by atoms with Crippen LogP contribution in [-0.2, 0) is 9.53 Å². The highest BCUT2D eigenvalue weighted by molar-refractivity contribution is 5.83. The third kappa shape index (κ3) is 3.45. The molecule has 11 nitrogen and oxygen atoms in total. The van der Waals surface area contributed by atoms with Gasteiger partial charge in [0.1, 0.15) is 23.3 Å². The van der Waals surface area contributed by atoms with Crippen LogP contribution in [0.2, 0.25) is 0 Å². The Morgan fingerprint density at radius 1 is 1.24 bits per heavy atom. The van der Waals surface area contributed by atoms with Crippen molar-refractivity contribution < 1.29 is 24.9 Å². The summed E-state index contributed by atoms with van der Waals surface area (Å²) in [5, 5.41) is 34.7. The van der Waals surface area contributed by atoms with E-state index in [1.807, 2.05) is 0 Å². The van der Waals surface area contributed by atoms with Crippen LogP contribution in [0.25, 0.3) is 11.2 Å². The van der Waals surface area contributed by atoms with E-state index >= 15 is 0 Å². The topological polar surface area (TPSA) is 169 Å². The highest BCUT2D eigenvalue weighted by Gasteiger charge is 2.50. The zero-order valence-corrected chi connectivity index (χ0v) is 17.9. The summed E-state index contributed by atoms with van der Waals surface area (Å²) in [6.45, 7) is 0. The number of carbonyl (C=O) groups is 1. The number of carbonyl (C=O) groups excluding carboxylic acids is 1. The van der Waals surface area contributed by atoms with Crippen molar-refractivity contribution in [2.45, 2.75) is 74.7 Å². The maximum Gasteiger partial charge on any atom is 0.252 e. The summed E-state index contributed by atoms with van der Waals surface area (Å²) >= 11 is 0. The summed E-state index contributed by atoms with van der Waals surface area (Å²) in [6, 6.07) is 0.0946. The minimum atomic E-state index is -1.41. The van der Waals surface area contributed by atoms with Gasteiger partial charge in [-0.2, -0.15) is 0 Å². The molecule has 0 radical (unpaired) electrons. The fourth-order valence-electron chi connectivity index (χ4n) is 5.42. The lowest BCUT2D eigenvalue weighted by molar-refractivity contribution is -0.137. The number of amides is 1. The zero-order chi connectivity index (χ0) is 22.9. The van der Waals surface area contributed by atoms with Gasteiger partial charge in [0.15, 0.2) is 23.8 Å². The number of aromatic nitrogens is 4. The van der Waals surface area contributed by atoms with Crippen molar-refractivity contribution >= 4 is 22.9 Å². The standard InChI is InChI=1S/C22H26N6O5/c23-18-14-19(27-13(26-18)5-6-22(32)8-10-1-2-11(22)7-10)28(9-24-14)21-16(30)15(29)17(33-21)20(31)25-12-3-4-12/h9-12,15-17,21,29-30,32H,1-4,7-8H2,(H,25,31)(H2,23,26,27)/t10-,11+,15+,16-,17+,21+,22?/m1/s1. The number of hydrogen-bond acceptors (Lipinski definition) is 9. The van der Waals surface area contributed by atoms with E-state index in [0.717, 1.165) is 32.1 Å². The Labute approximate surface area is 189 Å². The van der Waals surface area contributed by atoms with Gasteiger partial charge in [0.2, 0.25) is 5.82 Å². The highest BCUT2D eigenvalue weighted by Crippen LogP contribution is 2.50. The number of anilines is 1. The molecule has 0 aromatic carbocycles. The molecule has 3 saturated carbocycles. The van der Waals surface area contributed by atoms with E-state index in [9.17, 15) is 20.1 Å². The molecule has 4 aliphatic rings. The van der Waals surface area contributed by atoms with E-state index in [1.54, 1.807) is 0 Å². The number of rotatable bonds is 3. The smallest absolute Gasteiger partial charge is 0.252 e. The molecular formula is C22H26N6O5. The van der Waals surface area contributed by atoms with Gasteiger partial charge in [-0.15, -0.1) is 0 Å². The lowest BCUT2D eigenvalue weighted by atomic mass is 9.85. The van der Waals surface area contributed by atoms with Crippen LogP contribution in [0, 0.1) is 23.7 Å². The maximum atomic E-state index is 12.4. The molecule has 6 rings (SSSR count). The van der Waals surface area contributed by atoms with Crippen molar-refractivity contribution in [2.75, 3.05) is 5.73 Å². The van der Waals surface area contributed by atoms with Crippen LogP contribution in [0.3, 0.4) is 0 Å². The normalized spacial score (nSPS) is 37.3. The molecule has 2 bridgehead atoms. The molecule has 0 spiro atoms. The molecule has 1 aliphatic heterocycles. The number of nitrogen functional groups attached to an aromatic ring is 1. The summed E-state index contributed by atoms with van der Waals surface area (Å²) < 4.78 is 7.15. The molecule has 6 N–H and O–H groups in total. The van der Waals surface area contributed by atoms with Crippen molar-refractivity contribution in [3.8, 4) is 11.8 Å². The maximum absolute atomic E-state index is 12.4. The van der Waals surface area contributed by atoms with Gasteiger partial charge in [-0.25, -0.2) is 15.0 Å². The third-order valence-electron chi connectivity index (χ3n) is 7.35. The molecule has 1 unspecified atom stereocenters. The Morgan fingerprint density at radius 2 is 2.06 bits per heavy atom. The van der Waals surface area contributed by atoms with Crippen molar-refractivity contribution in [3.05, 3.63) is 12.2 Å². The van der Waals surface area contributed by atoms with Crippen LogP contribution in [-0.4, -0.2) is 70.7 Å². The summed E-state index contributed by atoms with van der Waals surface area (Å²) in [6.07, 6.45) is 1.83. The summed E-state index contributed by atoms with van der Waals surface area (Å²) in [5.74, 6) is 6.27. The number of fused-ring (bicyclic) bond motifs is 3. The Bertz CT molecular complexity index is 1190. The van der Waals surface area contributed by atoms with Gasteiger partial charge >= 0.3 is 0 Å². The average molecular weight is 454 g/mol. The van der Waals surface area contributed by atoms with E-state index in [-0.39, 0.29) is 34.8 Å². The molecule has 2 aromatic rings. The number of nitrogens with zero attached hydrogens (tertiary/aromatic N) is 4. The first-order valence-electron chi connectivity index (χ1n) is 11.4. The van der Waals surface area contributed by atoms with Gasteiger partial charge in [0.25, 0.3) is 5.91 Å². The number of nitrogens with one attached hydrogen (secondary N) is 1. The van der Waals surface area contributed by atoms with E-state index in [4.69, 9.17) is 10.5 Å². The molecule has 174 valence electrons. The number of aliphatic hydroxyl groups excluding tert-OH is 2. The lowest BCUT2D eigenvalue weighted by Gasteiger charge is -2.26. The Kier molecular flexibility index (Phi) is 4.64. The summed E-state index contributed by atoms with van der Waals surface area (Å²) in [4.78, 5) is 25.3. The molecule has 2 aromatic heterocycles. The first-order valence-corrected chi connectivity index (χ1v) is 11.4.